The molecule has 2 aromatic rings. The van der Waals surface area contributed by atoms with E-state index in [9.17, 15) is 4.79 Å². The maximum atomic E-state index is 12.6. The molecule has 0 saturated carbocycles. The van der Waals surface area contributed by atoms with Crippen molar-refractivity contribution in [1.82, 2.24) is 4.90 Å². The van der Waals surface area contributed by atoms with E-state index in [1.54, 1.807) is 35.3 Å². The molecule has 3 rings (SSSR count). The van der Waals surface area contributed by atoms with Crippen molar-refractivity contribution in [2.24, 2.45) is 0 Å². The predicted octanol–water partition coefficient (Wildman–Crippen LogP) is 4.39. The third kappa shape index (κ3) is 5.21. The SMILES string of the molecule is CC(Cl)C(=O)N(Cc1cc(CN2CCOCC2)cs1)c1ccc(Cl)cc1. The Morgan fingerprint density at radius 1 is 1.31 bits per heavy atom. The second-order valence-corrected chi connectivity index (χ2v) is 8.41. The van der Waals surface area contributed by atoms with Gasteiger partial charge in [0.25, 0.3) is 0 Å². The van der Waals surface area contributed by atoms with Gasteiger partial charge in [-0.05, 0) is 48.2 Å². The summed E-state index contributed by atoms with van der Waals surface area (Å²) in [5.41, 5.74) is 2.07. The maximum Gasteiger partial charge on any atom is 0.245 e. The zero-order valence-corrected chi connectivity index (χ0v) is 17.0. The predicted molar refractivity (Wildman–Crippen MR) is 108 cm³/mol. The van der Waals surface area contributed by atoms with Crippen molar-refractivity contribution in [3.63, 3.8) is 0 Å². The molecule has 1 aromatic heterocycles. The Morgan fingerprint density at radius 2 is 2.00 bits per heavy atom. The van der Waals surface area contributed by atoms with E-state index in [1.807, 2.05) is 12.1 Å². The van der Waals surface area contributed by atoms with Gasteiger partial charge in [-0.3, -0.25) is 9.69 Å². The van der Waals surface area contributed by atoms with Crippen molar-refractivity contribution >= 4 is 46.1 Å². The van der Waals surface area contributed by atoms with Crippen molar-refractivity contribution in [2.75, 3.05) is 31.2 Å². The lowest BCUT2D eigenvalue weighted by molar-refractivity contribution is -0.118. The van der Waals surface area contributed by atoms with Gasteiger partial charge in [-0.1, -0.05) is 11.6 Å². The van der Waals surface area contributed by atoms with E-state index >= 15 is 0 Å². The van der Waals surface area contributed by atoms with Gasteiger partial charge in [0.15, 0.2) is 0 Å². The van der Waals surface area contributed by atoms with Gasteiger partial charge in [0, 0.05) is 35.2 Å². The highest BCUT2D eigenvalue weighted by Gasteiger charge is 2.21. The number of halogens is 2. The first kappa shape index (κ1) is 19.6. The molecule has 26 heavy (non-hydrogen) atoms. The minimum atomic E-state index is -0.585. The summed E-state index contributed by atoms with van der Waals surface area (Å²) in [6.07, 6.45) is 0. The Morgan fingerprint density at radius 3 is 2.65 bits per heavy atom. The second kappa shape index (κ2) is 9.20. The van der Waals surface area contributed by atoms with Crippen LogP contribution in [0.5, 0.6) is 0 Å². The van der Waals surface area contributed by atoms with Crippen LogP contribution in [0, 0.1) is 0 Å². The Labute approximate surface area is 168 Å². The van der Waals surface area contributed by atoms with Crippen molar-refractivity contribution in [1.29, 1.82) is 0 Å². The van der Waals surface area contributed by atoms with Gasteiger partial charge in [-0.25, -0.2) is 0 Å². The van der Waals surface area contributed by atoms with Crippen LogP contribution >= 0.6 is 34.5 Å². The van der Waals surface area contributed by atoms with Crippen molar-refractivity contribution < 1.29 is 9.53 Å². The Kier molecular flexibility index (Phi) is 6.95. The van der Waals surface area contributed by atoms with Crippen LogP contribution in [-0.2, 0) is 22.6 Å². The van der Waals surface area contributed by atoms with Crippen molar-refractivity contribution in [3.05, 3.63) is 51.2 Å². The van der Waals surface area contributed by atoms with Crippen molar-refractivity contribution in [2.45, 2.75) is 25.4 Å². The number of anilines is 1. The fraction of sp³-hybridized carbons (Fsp3) is 0.421. The van der Waals surface area contributed by atoms with E-state index in [2.05, 4.69) is 16.3 Å². The zero-order valence-electron chi connectivity index (χ0n) is 14.7. The van der Waals surface area contributed by atoms with Crippen LogP contribution in [0.2, 0.25) is 5.02 Å². The fourth-order valence-corrected chi connectivity index (χ4v) is 4.01. The third-order valence-electron chi connectivity index (χ3n) is 4.28. The number of ether oxygens (including phenoxy) is 1. The number of hydrogen-bond acceptors (Lipinski definition) is 4. The van der Waals surface area contributed by atoms with Crippen LogP contribution in [0.25, 0.3) is 0 Å². The number of alkyl halides is 1. The minimum absolute atomic E-state index is 0.114. The lowest BCUT2D eigenvalue weighted by atomic mass is 10.2. The van der Waals surface area contributed by atoms with E-state index < -0.39 is 5.38 Å². The highest BCUT2D eigenvalue weighted by atomic mass is 35.5. The highest BCUT2D eigenvalue weighted by molar-refractivity contribution is 7.10. The van der Waals surface area contributed by atoms with Crippen LogP contribution < -0.4 is 4.90 Å². The molecule has 1 aliphatic rings. The molecule has 0 aliphatic carbocycles. The minimum Gasteiger partial charge on any atom is -0.379 e. The standard InChI is InChI=1S/C19H22Cl2N2O2S/c1-14(20)19(24)23(17-4-2-16(21)3-5-17)12-18-10-15(13-26-18)11-22-6-8-25-9-7-22/h2-5,10,13-14H,6-9,11-12H2,1H3. The van der Waals surface area contributed by atoms with Crippen LogP contribution in [0.1, 0.15) is 17.4 Å². The number of hydrogen-bond donors (Lipinski definition) is 0. The van der Waals surface area contributed by atoms with Gasteiger partial charge >= 0.3 is 0 Å². The normalized spacial score (nSPS) is 16.4. The number of benzene rings is 1. The topological polar surface area (TPSA) is 32.8 Å². The quantitative estimate of drug-likeness (QED) is 0.659. The molecule has 7 heteroatoms. The molecule has 4 nitrogen and oxygen atoms in total. The summed E-state index contributed by atoms with van der Waals surface area (Å²) in [5, 5.41) is 2.22. The summed E-state index contributed by atoms with van der Waals surface area (Å²) in [4.78, 5) is 17.8. The lowest BCUT2D eigenvalue weighted by Gasteiger charge is -2.26. The first-order valence-electron chi connectivity index (χ1n) is 8.60. The molecular formula is C19H22Cl2N2O2S. The second-order valence-electron chi connectivity index (χ2n) is 6.33. The summed E-state index contributed by atoms with van der Waals surface area (Å²) >= 11 is 13.7. The Bertz CT molecular complexity index is 727. The average molecular weight is 413 g/mol. The number of amides is 1. The molecule has 1 amide bonds. The first-order chi connectivity index (χ1) is 12.5. The maximum absolute atomic E-state index is 12.6. The fourth-order valence-electron chi connectivity index (χ4n) is 2.90. The van der Waals surface area contributed by atoms with Gasteiger partial charge < -0.3 is 9.64 Å². The first-order valence-corrected chi connectivity index (χ1v) is 10.3. The van der Waals surface area contributed by atoms with Crippen molar-refractivity contribution in [3.8, 4) is 0 Å². The van der Waals surface area contributed by atoms with Crippen LogP contribution in [-0.4, -0.2) is 42.5 Å². The molecule has 1 aromatic carbocycles. The van der Waals surface area contributed by atoms with Gasteiger partial charge in [-0.2, -0.15) is 0 Å². The molecule has 2 heterocycles. The van der Waals surface area contributed by atoms with Gasteiger partial charge in [-0.15, -0.1) is 22.9 Å². The summed E-state index contributed by atoms with van der Waals surface area (Å²) in [6.45, 7) is 6.64. The average Bonchev–Trinajstić information content (AvgIpc) is 3.08. The largest absolute Gasteiger partial charge is 0.379 e. The van der Waals surface area contributed by atoms with E-state index in [1.165, 1.54) is 5.56 Å². The lowest BCUT2D eigenvalue weighted by Crippen LogP contribution is -2.35. The zero-order chi connectivity index (χ0) is 18.5. The molecule has 0 radical (unpaired) electrons. The molecular weight excluding hydrogens is 391 g/mol. The van der Waals surface area contributed by atoms with Crippen LogP contribution in [0.3, 0.4) is 0 Å². The Balaban J connectivity index is 1.72. The van der Waals surface area contributed by atoms with Gasteiger partial charge in [0.05, 0.1) is 19.8 Å². The number of nitrogens with zero attached hydrogens (tertiary/aromatic N) is 2. The molecule has 1 aliphatic heterocycles. The van der Waals surface area contributed by atoms with E-state index in [-0.39, 0.29) is 5.91 Å². The highest BCUT2D eigenvalue weighted by Crippen LogP contribution is 2.25. The number of morpholine rings is 1. The number of carbonyl (C=O) groups is 1. The molecule has 140 valence electrons. The van der Waals surface area contributed by atoms with E-state index in [0.717, 1.165) is 43.4 Å². The Hall–Kier alpha value is -1.11. The third-order valence-corrected chi connectivity index (χ3v) is 5.69. The van der Waals surface area contributed by atoms with Gasteiger partial charge in [0.1, 0.15) is 5.38 Å². The smallest absolute Gasteiger partial charge is 0.245 e. The molecule has 0 bridgehead atoms. The summed E-state index contributed by atoms with van der Waals surface area (Å²) in [6, 6.07) is 9.45. The van der Waals surface area contributed by atoms with Crippen LogP contribution in [0.15, 0.2) is 35.7 Å². The molecule has 1 fully saturated rings. The van der Waals surface area contributed by atoms with E-state index in [0.29, 0.717) is 11.6 Å². The molecule has 0 spiro atoms. The summed E-state index contributed by atoms with van der Waals surface area (Å²) in [5.74, 6) is -0.114. The number of thiophene rings is 1. The summed E-state index contributed by atoms with van der Waals surface area (Å²) in [7, 11) is 0. The van der Waals surface area contributed by atoms with Crippen LogP contribution in [0.4, 0.5) is 5.69 Å². The number of carbonyl (C=O) groups excluding carboxylic acids is 1. The molecule has 0 N–H and O–H groups in total. The summed E-state index contributed by atoms with van der Waals surface area (Å²) < 4.78 is 5.40. The monoisotopic (exact) mass is 412 g/mol. The number of rotatable bonds is 6. The van der Waals surface area contributed by atoms with Gasteiger partial charge in [0.2, 0.25) is 5.91 Å². The van der Waals surface area contributed by atoms with E-state index in [4.69, 9.17) is 27.9 Å². The molecule has 1 unspecified atom stereocenters. The molecule has 1 atom stereocenters. The molecule has 1 saturated heterocycles.